The summed E-state index contributed by atoms with van der Waals surface area (Å²) >= 11 is 2.19. The van der Waals surface area contributed by atoms with E-state index < -0.39 is 0 Å². The molecule has 1 aliphatic heterocycles. The van der Waals surface area contributed by atoms with Crippen LogP contribution in [0.1, 0.15) is 34.3 Å². The van der Waals surface area contributed by atoms with E-state index in [0.29, 0.717) is 5.56 Å². The van der Waals surface area contributed by atoms with Gasteiger partial charge in [0.25, 0.3) is 5.91 Å². The van der Waals surface area contributed by atoms with E-state index in [1.807, 2.05) is 24.3 Å². The molecule has 1 heterocycles. The molecule has 0 bridgehead atoms. The summed E-state index contributed by atoms with van der Waals surface area (Å²) in [6.45, 7) is 4.40. The van der Waals surface area contributed by atoms with Gasteiger partial charge in [0, 0.05) is 27.9 Å². The summed E-state index contributed by atoms with van der Waals surface area (Å²) in [7, 11) is 0. The number of hydrazone groups is 1. The molecule has 1 fully saturated rings. The Hall–Kier alpha value is -1.89. The van der Waals surface area contributed by atoms with Gasteiger partial charge in [0.1, 0.15) is 0 Å². The minimum Gasteiger partial charge on any atom is -0.371 e. The lowest BCUT2D eigenvalue weighted by Crippen LogP contribution is -2.19. The molecule has 1 amide bonds. The minimum absolute atomic E-state index is 0.199. The van der Waals surface area contributed by atoms with Crippen LogP contribution in [-0.4, -0.2) is 25.2 Å². The van der Waals surface area contributed by atoms with Crippen LogP contribution >= 0.6 is 22.6 Å². The number of carbonyl (C=O) groups excluding carboxylic acids is 1. The average Bonchev–Trinajstić information content (AvgIpc) is 3.09. The molecule has 0 radical (unpaired) electrons. The van der Waals surface area contributed by atoms with E-state index >= 15 is 0 Å². The number of nitrogens with one attached hydrogen (secondary N) is 1. The molecule has 24 heavy (non-hydrogen) atoms. The number of nitrogens with zero attached hydrogens (tertiary/aromatic N) is 2. The normalized spacial score (nSPS) is 14.3. The van der Waals surface area contributed by atoms with Crippen molar-refractivity contribution >= 4 is 40.4 Å². The predicted molar refractivity (Wildman–Crippen MR) is 107 cm³/mol. The van der Waals surface area contributed by atoms with Gasteiger partial charge in [-0.2, -0.15) is 5.10 Å². The van der Waals surface area contributed by atoms with E-state index in [9.17, 15) is 4.79 Å². The number of carbonyl (C=O) groups is 1. The molecule has 3 rings (SSSR count). The molecular weight excluding hydrogens is 413 g/mol. The number of hydrogen-bond donors (Lipinski definition) is 1. The van der Waals surface area contributed by atoms with Crippen molar-refractivity contribution in [2.24, 2.45) is 5.10 Å². The van der Waals surface area contributed by atoms with Crippen LogP contribution in [0.5, 0.6) is 0 Å². The maximum absolute atomic E-state index is 12.0. The number of anilines is 1. The van der Waals surface area contributed by atoms with Gasteiger partial charge in [0.15, 0.2) is 0 Å². The van der Waals surface area contributed by atoms with Crippen molar-refractivity contribution in [3.8, 4) is 0 Å². The van der Waals surface area contributed by atoms with Gasteiger partial charge >= 0.3 is 0 Å². The molecule has 0 aromatic heterocycles. The summed E-state index contributed by atoms with van der Waals surface area (Å²) in [5.41, 5.74) is 6.72. The third-order valence-electron chi connectivity index (χ3n) is 4.13. The van der Waals surface area contributed by atoms with Crippen LogP contribution in [0.25, 0.3) is 0 Å². The van der Waals surface area contributed by atoms with Crippen LogP contribution in [0.15, 0.2) is 47.6 Å². The Morgan fingerprint density at radius 2 is 2.00 bits per heavy atom. The molecule has 1 saturated heterocycles. The topological polar surface area (TPSA) is 44.7 Å². The number of aryl methyl sites for hydroxylation is 1. The SMILES string of the molecule is Cc1cc(/C=N/NC(=O)c2cccc(I)c2)ccc1N1CCCC1. The van der Waals surface area contributed by atoms with Gasteiger partial charge in [-0.1, -0.05) is 12.1 Å². The molecule has 2 aromatic carbocycles. The smallest absolute Gasteiger partial charge is 0.271 e. The van der Waals surface area contributed by atoms with Gasteiger partial charge in [0.05, 0.1) is 6.21 Å². The number of benzene rings is 2. The molecule has 0 spiro atoms. The molecule has 4 nitrogen and oxygen atoms in total. The van der Waals surface area contributed by atoms with E-state index in [2.05, 4.69) is 57.1 Å². The Balaban J connectivity index is 1.64. The summed E-state index contributed by atoms with van der Waals surface area (Å²) in [5, 5.41) is 4.08. The zero-order valence-electron chi connectivity index (χ0n) is 13.6. The minimum atomic E-state index is -0.199. The van der Waals surface area contributed by atoms with Gasteiger partial charge < -0.3 is 4.90 Å². The first-order chi connectivity index (χ1) is 11.6. The predicted octanol–water partition coefficient (Wildman–Crippen LogP) is 3.96. The lowest BCUT2D eigenvalue weighted by atomic mass is 10.1. The van der Waals surface area contributed by atoms with Crippen molar-refractivity contribution in [1.29, 1.82) is 0 Å². The molecule has 0 unspecified atom stereocenters. The van der Waals surface area contributed by atoms with E-state index in [1.54, 1.807) is 12.3 Å². The molecule has 1 N–H and O–H groups in total. The van der Waals surface area contributed by atoms with Gasteiger partial charge in [-0.25, -0.2) is 5.43 Å². The van der Waals surface area contributed by atoms with Gasteiger partial charge in [-0.3, -0.25) is 4.79 Å². The Labute approximate surface area is 156 Å². The van der Waals surface area contributed by atoms with Crippen LogP contribution in [0, 0.1) is 10.5 Å². The summed E-state index contributed by atoms with van der Waals surface area (Å²) in [6.07, 6.45) is 4.23. The summed E-state index contributed by atoms with van der Waals surface area (Å²) in [5.74, 6) is -0.199. The van der Waals surface area contributed by atoms with E-state index in [0.717, 1.165) is 22.2 Å². The van der Waals surface area contributed by atoms with Crippen molar-refractivity contribution in [2.75, 3.05) is 18.0 Å². The van der Waals surface area contributed by atoms with Crippen molar-refractivity contribution < 1.29 is 4.79 Å². The van der Waals surface area contributed by atoms with Crippen molar-refractivity contribution in [3.63, 3.8) is 0 Å². The second-order valence-corrected chi connectivity index (χ2v) is 7.20. The molecule has 0 aliphatic carbocycles. The van der Waals surface area contributed by atoms with E-state index in [-0.39, 0.29) is 5.91 Å². The standard InChI is InChI=1S/C19H20IN3O/c1-14-11-15(7-8-18(14)23-9-2-3-10-23)13-21-22-19(24)16-5-4-6-17(20)12-16/h4-8,11-13H,2-3,9-10H2,1H3,(H,22,24)/b21-13+. The molecular formula is C19H20IN3O. The third-order valence-corrected chi connectivity index (χ3v) is 4.81. The van der Waals surface area contributed by atoms with Crippen LogP contribution in [0.2, 0.25) is 0 Å². The Kier molecular flexibility index (Phi) is 5.50. The lowest BCUT2D eigenvalue weighted by Gasteiger charge is -2.20. The van der Waals surface area contributed by atoms with E-state index in [4.69, 9.17) is 0 Å². The first-order valence-corrected chi connectivity index (χ1v) is 9.16. The Morgan fingerprint density at radius 1 is 1.21 bits per heavy atom. The average molecular weight is 433 g/mol. The molecule has 0 saturated carbocycles. The highest BCUT2D eigenvalue weighted by Gasteiger charge is 2.14. The largest absolute Gasteiger partial charge is 0.371 e. The maximum Gasteiger partial charge on any atom is 0.271 e. The molecule has 0 atom stereocenters. The highest BCUT2D eigenvalue weighted by molar-refractivity contribution is 14.1. The van der Waals surface area contributed by atoms with Crippen molar-refractivity contribution in [1.82, 2.24) is 5.43 Å². The van der Waals surface area contributed by atoms with Crippen LogP contribution < -0.4 is 10.3 Å². The fourth-order valence-electron chi connectivity index (χ4n) is 2.93. The first-order valence-electron chi connectivity index (χ1n) is 8.08. The highest BCUT2D eigenvalue weighted by Crippen LogP contribution is 2.24. The quantitative estimate of drug-likeness (QED) is 0.451. The Bertz CT molecular complexity index is 767. The van der Waals surface area contributed by atoms with Crippen molar-refractivity contribution in [2.45, 2.75) is 19.8 Å². The van der Waals surface area contributed by atoms with Crippen LogP contribution in [-0.2, 0) is 0 Å². The Morgan fingerprint density at radius 3 is 2.71 bits per heavy atom. The van der Waals surface area contributed by atoms with Gasteiger partial charge in [-0.15, -0.1) is 0 Å². The second kappa shape index (κ2) is 7.79. The molecule has 124 valence electrons. The number of amides is 1. The van der Waals surface area contributed by atoms with E-state index in [1.165, 1.54) is 24.1 Å². The molecule has 5 heteroatoms. The zero-order chi connectivity index (χ0) is 16.9. The highest BCUT2D eigenvalue weighted by atomic mass is 127. The van der Waals surface area contributed by atoms with Gasteiger partial charge in [-0.05, 0) is 83.8 Å². The first kappa shape index (κ1) is 17.0. The monoisotopic (exact) mass is 433 g/mol. The van der Waals surface area contributed by atoms with Crippen molar-refractivity contribution in [3.05, 3.63) is 62.7 Å². The molecule has 1 aliphatic rings. The summed E-state index contributed by atoms with van der Waals surface area (Å²) in [6, 6.07) is 13.7. The van der Waals surface area contributed by atoms with Crippen LogP contribution in [0.3, 0.4) is 0 Å². The second-order valence-electron chi connectivity index (χ2n) is 5.95. The fraction of sp³-hybridized carbons (Fsp3) is 0.263. The zero-order valence-corrected chi connectivity index (χ0v) is 15.8. The van der Waals surface area contributed by atoms with Gasteiger partial charge in [0.2, 0.25) is 0 Å². The third kappa shape index (κ3) is 4.14. The number of halogens is 1. The lowest BCUT2D eigenvalue weighted by molar-refractivity contribution is 0.0955. The molecule has 2 aromatic rings. The summed E-state index contributed by atoms with van der Waals surface area (Å²) in [4.78, 5) is 14.5. The van der Waals surface area contributed by atoms with Crippen LogP contribution in [0.4, 0.5) is 5.69 Å². The fourth-order valence-corrected chi connectivity index (χ4v) is 3.47. The summed E-state index contributed by atoms with van der Waals surface area (Å²) < 4.78 is 1.03. The number of rotatable bonds is 4. The number of hydrogen-bond acceptors (Lipinski definition) is 3. The maximum atomic E-state index is 12.0.